The van der Waals surface area contributed by atoms with Gasteiger partial charge in [0.15, 0.2) is 0 Å². The summed E-state index contributed by atoms with van der Waals surface area (Å²) >= 11 is 0. The molecule has 4 rings (SSSR count). The summed E-state index contributed by atoms with van der Waals surface area (Å²) in [5.74, 6) is -0.256. The Balaban J connectivity index is 1.77. The number of hydrogen-bond acceptors (Lipinski definition) is 2. The summed E-state index contributed by atoms with van der Waals surface area (Å²) < 4.78 is 15.5. The fourth-order valence-electron chi connectivity index (χ4n) is 4.43. The molecule has 1 unspecified atom stereocenters. The molecule has 2 aromatic carbocycles. The van der Waals surface area contributed by atoms with Gasteiger partial charge in [0.05, 0.1) is 11.6 Å². The molecular weight excluding hydrogens is 391 g/mol. The van der Waals surface area contributed by atoms with Gasteiger partial charge in [-0.1, -0.05) is 36.8 Å². The first-order valence-corrected chi connectivity index (χ1v) is 10.7. The van der Waals surface area contributed by atoms with E-state index in [-0.39, 0.29) is 29.2 Å². The molecule has 0 aliphatic heterocycles. The van der Waals surface area contributed by atoms with Gasteiger partial charge in [-0.3, -0.25) is 14.2 Å². The molecule has 0 radical (unpaired) electrons. The molecule has 1 aliphatic rings. The summed E-state index contributed by atoms with van der Waals surface area (Å²) in [5, 5.41) is 3.16. The predicted molar refractivity (Wildman–Crippen MR) is 120 cm³/mol. The number of aromatic nitrogens is 1. The van der Waals surface area contributed by atoms with Gasteiger partial charge in [0.1, 0.15) is 5.82 Å². The molecule has 1 aliphatic carbocycles. The smallest absolute Gasteiger partial charge is 0.258 e. The van der Waals surface area contributed by atoms with E-state index in [4.69, 9.17) is 0 Å². The summed E-state index contributed by atoms with van der Waals surface area (Å²) in [6.45, 7) is 5.37. The molecule has 160 valence electrons. The van der Waals surface area contributed by atoms with Crippen LogP contribution in [0.4, 0.5) is 4.39 Å². The standard InChI is InChI=1S/C26H27FN2O2/c1-16-17(2)26(31)29(22-13-5-4-6-14-22)18(3)23(16)25(30)28-24(19-9-7-10-19)20-11-8-12-21(27)15-20/h4-6,8,11-15,19,24H,7,9-10H2,1-3H3,(H,28,30). The number of pyridine rings is 1. The molecular formula is C26H27FN2O2. The zero-order valence-electron chi connectivity index (χ0n) is 18.1. The number of para-hydroxylation sites is 1. The summed E-state index contributed by atoms with van der Waals surface area (Å²) in [7, 11) is 0. The van der Waals surface area contributed by atoms with E-state index in [1.54, 1.807) is 24.5 Å². The van der Waals surface area contributed by atoms with Gasteiger partial charge >= 0.3 is 0 Å². The highest BCUT2D eigenvalue weighted by Gasteiger charge is 2.31. The van der Waals surface area contributed by atoms with Crippen LogP contribution in [0.1, 0.15) is 58.0 Å². The summed E-state index contributed by atoms with van der Waals surface area (Å²) in [4.78, 5) is 26.5. The molecule has 1 amide bonds. The largest absolute Gasteiger partial charge is 0.345 e. The van der Waals surface area contributed by atoms with Crippen molar-refractivity contribution in [2.75, 3.05) is 0 Å². The van der Waals surface area contributed by atoms with Crippen LogP contribution in [0.25, 0.3) is 5.69 Å². The van der Waals surface area contributed by atoms with E-state index in [0.717, 1.165) is 30.5 Å². The van der Waals surface area contributed by atoms with Gasteiger partial charge in [-0.15, -0.1) is 0 Å². The van der Waals surface area contributed by atoms with Crippen molar-refractivity contribution in [1.29, 1.82) is 0 Å². The van der Waals surface area contributed by atoms with Gasteiger partial charge < -0.3 is 5.32 Å². The van der Waals surface area contributed by atoms with Crippen LogP contribution >= 0.6 is 0 Å². The highest BCUT2D eigenvalue weighted by molar-refractivity contribution is 5.97. The Hall–Kier alpha value is -3.21. The average molecular weight is 419 g/mol. The number of carbonyl (C=O) groups is 1. The van der Waals surface area contributed by atoms with Gasteiger partial charge in [0.25, 0.3) is 11.5 Å². The fourth-order valence-corrected chi connectivity index (χ4v) is 4.43. The van der Waals surface area contributed by atoms with E-state index in [9.17, 15) is 14.0 Å². The maximum absolute atomic E-state index is 13.9. The average Bonchev–Trinajstić information content (AvgIpc) is 2.71. The van der Waals surface area contributed by atoms with Crippen molar-refractivity contribution < 1.29 is 9.18 Å². The lowest BCUT2D eigenvalue weighted by atomic mass is 9.77. The van der Waals surface area contributed by atoms with Gasteiger partial charge in [-0.25, -0.2) is 4.39 Å². The van der Waals surface area contributed by atoms with Gasteiger partial charge in [-0.05, 0) is 74.9 Å². The van der Waals surface area contributed by atoms with E-state index >= 15 is 0 Å². The van der Waals surface area contributed by atoms with E-state index in [1.807, 2.05) is 43.3 Å². The molecule has 4 nitrogen and oxygen atoms in total. The molecule has 1 heterocycles. The number of amides is 1. The quantitative estimate of drug-likeness (QED) is 0.621. The molecule has 1 N–H and O–H groups in total. The van der Waals surface area contributed by atoms with Gasteiger partial charge in [0, 0.05) is 16.9 Å². The van der Waals surface area contributed by atoms with Gasteiger partial charge in [0.2, 0.25) is 0 Å². The van der Waals surface area contributed by atoms with E-state index in [0.29, 0.717) is 22.4 Å². The Morgan fingerprint density at radius 2 is 1.74 bits per heavy atom. The SMILES string of the molecule is Cc1c(C(=O)NC(c2cccc(F)c2)C2CCC2)c(C)n(-c2ccccc2)c(=O)c1C. The highest BCUT2D eigenvalue weighted by Crippen LogP contribution is 2.38. The Labute approximate surface area is 181 Å². The summed E-state index contributed by atoms with van der Waals surface area (Å²) in [5.41, 5.74) is 3.71. The molecule has 1 fully saturated rings. The molecule has 0 bridgehead atoms. The second-order valence-corrected chi connectivity index (χ2v) is 8.38. The maximum atomic E-state index is 13.9. The Morgan fingerprint density at radius 3 is 2.35 bits per heavy atom. The molecule has 1 saturated carbocycles. The van der Waals surface area contributed by atoms with Crippen LogP contribution in [0.15, 0.2) is 59.4 Å². The second-order valence-electron chi connectivity index (χ2n) is 8.38. The maximum Gasteiger partial charge on any atom is 0.258 e. The Bertz CT molecular complexity index is 1180. The zero-order valence-corrected chi connectivity index (χ0v) is 18.1. The molecule has 31 heavy (non-hydrogen) atoms. The fraction of sp³-hybridized carbons (Fsp3) is 0.308. The number of hydrogen-bond donors (Lipinski definition) is 1. The lowest BCUT2D eigenvalue weighted by molar-refractivity contribution is 0.0898. The monoisotopic (exact) mass is 418 g/mol. The molecule has 0 spiro atoms. The van der Waals surface area contributed by atoms with E-state index in [2.05, 4.69) is 5.32 Å². The minimum Gasteiger partial charge on any atom is -0.345 e. The van der Waals surface area contributed by atoms with Crippen LogP contribution in [0, 0.1) is 32.5 Å². The van der Waals surface area contributed by atoms with Crippen molar-refractivity contribution in [2.45, 2.75) is 46.1 Å². The van der Waals surface area contributed by atoms with Crippen molar-refractivity contribution in [3.05, 3.63) is 98.7 Å². The molecule has 3 aromatic rings. The Kier molecular flexibility index (Phi) is 5.77. The van der Waals surface area contributed by atoms with Crippen LogP contribution in [0.2, 0.25) is 0 Å². The van der Waals surface area contributed by atoms with Crippen molar-refractivity contribution in [2.24, 2.45) is 5.92 Å². The lowest BCUT2D eigenvalue weighted by Gasteiger charge is -2.35. The lowest BCUT2D eigenvalue weighted by Crippen LogP contribution is -2.38. The van der Waals surface area contributed by atoms with Crippen LogP contribution < -0.4 is 10.9 Å². The molecule has 5 heteroatoms. The highest BCUT2D eigenvalue weighted by atomic mass is 19.1. The third kappa shape index (κ3) is 3.92. The van der Waals surface area contributed by atoms with E-state index in [1.165, 1.54) is 12.1 Å². The first-order chi connectivity index (χ1) is 14.9. The third-order valence-corrected chi connectivity index (χ3v) is 6.52. The van der Waals surface area contributed by atoms with Crippen molar-refractivity contribution in [1.82, 2.24) is 9.88 Å². The van der Waals surface area contributed by atoms with Crippen LogP contribution in [0.3, 0.4) is 0 Å². The first kappa shape index (κ1) is 21.0. The third-order valence-electron chi connectivity index (χ3n) is 6.52. The van der Waals surface area contributed by atoms with Crippen molar-refractivity contribution in [3.63, 3.8) is 0 Å². The Morgan fingerprint density at radius 1 is 1.03 bits per heavy atom. The summed E-state index contributed by atoms with van der Waals surface area (Å²) in [6.07, 6.45) is 3.12. The van der Waals surface area contributed by atoms with Gasteiger partial charge in [-0.2, -0.15) is 0 Å². The number of nitrogens with one attached hydrogen (secondary N) is 1. The minimum absolute atomic E-state index is 0.126. The minimum atomic E-state index is -0.308. The predicted octanol–water partition coefficient (Wildman–Crippen LogP) is 5.17. The molecule has 1 aromatic heterocycles. The van der Waals surface area contributed by atoms with Crippen molar-refractivity contribution in [3.8, 4) is 5.69 Å². The van der Waals surface area contributed by atoms with Crippen LogP contribution in [-0.4, -0.2) is 10.5 Å². The topological polar surface area (TPSA) is 51.1 Å². The molecule has 0 saturated heterocycles. The second kappa shape index (κ2) is 8.50. The number of rotatable bonds is 5. The first-order valence-electron chi connectivity index (χ1n) is 10.7. The number of nitrogens with zero attached hydrogens (tertiary/aromatic N) is 1. The van der Waals surface area contributed by atoms with E-state index < -0.39 is 0 Å². The van der Waals surface area contributed by atoms with Crippen LogP contribution in [0.5, 0.6) is 0 Å². The van der Waals surface area contributed by atoms with Crippen molar-refractivity contribution >= 4 is 5.91 Å². The van der Waals surface area contributed by atoms with Crippen LogP contribution in [-0.2, 0) is 0 Å². The molecule has 1 atom stereocenters. The normalized spacial score (nSPS) is 14.7. The number of benzene rings is 2. The number of halogens is 1. The zero-order chi connectivity index (χ0) is 22.1. The summed E-state index contributed by atoms with van der Waals surface area (Å²) in [6, 6.07) is 15.5. The number of carbonyl (C=O) groups excluding carboxylic acids is 1.